The van der Waals surface area contributed by atoms with Crippen molar-refractivity contribution in [1.82, 2.24) is 4.90 Å². The van der Waals surface area contributed by atoms with Crippen LogP contribution < -0.4 is 0 Å². The number of hydrogen-bond acceptors (Lipinski definition) is 2. The minimum absolute atomic E-state index is 0.135. The van der Waals surface area contributed by atoms with E-state index >= 15 is 0 Å². The molecule has 1 aromatic rings. The molecule has 1 N–H and O–H groups in total. The van der Waals surface area contributed by atoms with Crippen molar-refractivity contribution in [2.45, 2.75) is 6.23 Å². The molecule has 72 valence electrons. The monoisotopic (exact) mass is 189 g/mol. The van der Waals surface area contributed by atoms with E-state index in [2.05, 4.69) is 0 Å². The molecule has 0 aromatic heterocycles. The fourth-order valence-corrected chi connectivity index (χ4v) is 1.48. The van der Waals surface area contributed by atoms with Crippen LogP contribution in [-0.4, -0.2) is 29.2 Å². The summed E-state index contributed by atoms with van der Waals surface area (Å²) in [6.45, 7) is 0. The van der Waals surface area contributed by atoms with Gasteiger partial charge in [-0.1, -0.05) is 30.3 Å². The molecular formula is C11H11NO2. The Balaban J connectivity index is 2.38. The number of carbonyl (C=O) groups is 1. The number of benzene rings is 1. The maximum atomic E-state index is 11.6. The Morgan fingerprint density at radius 2 is 1.93 bits per heavy atom. The fraction of sp³-hybridized carbons (Fsp3) is 0.182. The molecule has 0 bridgehead atoms. The minimum atomic E-state index is -0.794. The lowest BCUT2D eigenvalue weighted by Gasteiger charge is -2.13. The number of aliphatic hydroxyl groups is 1. The summed E-state index contributed by atoms with van der Waals surface area (Å²) in [5.74, 6) is -0.135. The summed E-state index contributed by atoms with van der Waals surface area (Å²) in [7, 11) is 1.58. The van der Waals surface area contributed by atoms with E-state index < -0.39 is 6.23 Å². The highest BCUT2D eigenvalue weighted by molar-refractivity contribution is 6.21. The van der Waals surface area contributed by atoms with Gasteiger partial charge < -0.3 is 10.0 Å². The van der Waals surface area contributed by atoms with Crippen LogP contribution in [0.1, 0.15) is 5.56 Å². The topological polar surface area (TPSA) is 40.5 Å². The van der Waals surface area contributed by atoms with E-state index in [1.165, 1.54) is 4.90 Å². The molecule has 0 spiro atoms. The summed E-state index contributed by atoms with van der Waals surface area (Å²) in [5, 5.41) is 9.43. The number of likely N-dealkylation sites (N-methyl/N-ethyl adjacent to an activating group) is 1. The molecule has 1 unspecified atom stereocenters. The smallest absolute Gasteiger partial charge is 0.256 e. The first kappa shape index (κ1) is 8.97. The summed E-state index contributed by atoms with van der Waals surface area (Å²) in [5.41, 5.74) is 1.42. The summed E-state index contributed by atoms with van der Waals surface area (Å²) in [4.78, 5) is 12.9. The zero-order valence-corrected chi connectivity index (χ0v) is 7.84. The molecule has 3 nitrogen and oxygen atoms in total. The van der Waals surface area contributed by atoms with Gasteiger partial charge in [-0.2, -0.15) is 0 Å². The van der Waals surface area contributed by atoms with Crippen LogP contribution in [0.2, 0.25) is 0 Å². The van der Waals surface area contributed by atoms with Gasteiger partial charge in [0.2, 0.25) is 0 Å². The van der Waals surface area contributed by atoms with E-state index in [0.29, 0.717) is 5.57 Å². The van der Waals surface area contributed by atoms with Crippen LogP contribution in [0, 0.1) is 0 Å². The lowest BCUT2D eigenvalue weighted by Crippen LogP contribution is -2.29. The van der Waals surface area contributed by atoms with Gasteiger partial charge in [-0.15, -0.1) is 0 Å². The number of amides is 1. The third kappa shape index (κ3) is 1.32. The van der Waals surface area contributed by atoms with E-state index in [1.807, 2.05) is 30.3 Å². The predicted molar refractivity (Wildman–Crippen MR) is 53.2 cm³/mol. The van der Waals surface area contributed by atoms with Gasteiger partial charge in [0.15, 0.2) is 0 Å². The van der Waals surface area contributed by atoms with Crippen molar-refractivity contribution in [2.75, 3.05) is 7.05 Å². The maximum Gasteiger partial charge on any atom is 0.256 e. The number of nitrogens with zero attached hydrogens (tertiary/aromatic N) is 1. The molecule has 3 heteroatoms. The fourth-order valence-electron chi connectivity index (χ4n) is 1.48. The van der Waals surface area contributed by atoms with Crippen LogP contribution in [0.4, 0.5) is 0 Å². The summed E-state index contributed by atoms with van der Waals surface area (Å²) in [6, 6.07) is 9.34. The van der Waals surface area contributed by atoms with Gasteiger partial charge in [0.1, 0.15) is 6.23 Å². The van der Waals surface area contributed by atoms with Crippen molar-refractivity contribution in [2.24, 2.45) is 0 Å². The zero-order valence-electron chi connectivity index (χ0n) is 7.84. The average molecular weight is 189 g/mol. The Bertz CT molecular complexity index is 384. The highest BCUT2D eigenvalue weighted by atomic mass is 16.3. The minimum Gasteiger partial charge on any atom is -0.370 e. The first-order valence-electron chi connectivity index (χ1n) is 4.42. The molecule has 1 heterocycles. The second-order valence-electron chi connectivity index (χ2n) is 3.28. The standard InChI is InChI=1S/C11H11NO2/c1-12-10(13)7-9(11(12)14)8-5-3-2-4-6-8/h2-7,10,13H,1H3. The van der Waals surface area contributed by atoms with Crippen molar-refractivity contribution >= 4 is 11.5 Å². The van der Waals surface area contributed by atoms with Crippen molar-refractivity contribution in [3.63, 3.8) is 0 Å². The van der Waals surface area contributed by atoms with E-state index in [4.69, 9.17) is 0 Å². The lowest BCUT2D eigenvalue weighted by molar-refractivity contribution is -0.127. The summed E-state index contributed by atoms with van der Waals surface area (Å²) >= 11 is 0. The Hall–Kier alpha value is -1.61. The maximum absolute atomic E-state index is 11.6. The molecule has 0 fully saturated rings. The molecule has 1 aliphatic rings. The molecule has 1 aromatic carbocycles. The van der Waals surface area contributed by atoms with Gasteiger partial charge >= 0.3 is 0 Å². The van der Waals surface area contributed by atoms with Crippen LogP contribution >= 0.6 is 0 Å². The zero-order chi connectivity index (χ0) is 10.1. The Labute approximate surface area is 82.3 Å². The second-order valence-corrected chi connectivity index (χ2v) is 3.28. The number of carbonyl (C=O) groups excluding carboxylic acids is 1. The van der Waals surface area contributed by atoms with Gasteiger partial charge in [0, 0.05) is 12.6 Å². The third-order valence-electron chi connectivity index (χ3n) is 2.35. The second kappa shape index (κ2) is 3.27. The molecule has 0 saturated carbocycles. The third-order valence-corrected chi connectivity index (χ3v) is 2.35. The average Bonchev–Trinajstić information content (AvgIpc) is 2.47. The quantitative estimate of drug-likeness (QED) is 0.711. The lowest BCUT2D eigenvalue weighted by atomic mass is 10.1. The molecule has 0 radical (unpaired) electrons. The van der Waals surface area contributed by atoms with E-state index in [-0.39, 0.29) is 5.91 Å². The van der Waals surface area contributed by atoms with Crippen molar-refractivity contribution < 1.29 is 9.90 Å². The summed E-state index contributed by atoms with van der Waals surface area (Å²) in [6.07, 6.45) is 0.773. The Morgan fingerprint density at radius 3 is 2.43 bits per heavy atom. The Morgan fingerprint density at radius 1 is 1.29 bits per heavy atom. The van der Waals surface area contributed by atoms with Crippen molar-refractivity contribution in [3.05, 3.63) is 42.0 Å². The van der Waals surface area contributed by atoms with E-state index in [0.717, 1.165) is 5.56 Å². The SMILES string of the molecule is CN1C(=O)C(c2ccccc2)=CC1O. The molecule has 1 aliphatic heterocycles. The molecule has 1 amide bonds. The molecule has 2 rings (SSSR count). The highest BCUT2D eigenvalue weighted by Gasteiger charge is 2.28. The highest BCUT2D eigenvalue weighted by Crippen LogP contribution is 2.23. The molecule has 14 heavy (non-hydrogen) atoms. The van der Waals surface area contributed by atoms with E-state index in [9.17, 15) is 9.90 Å². The van der Waals surface area contributed by atoms with Crippen LogP contribution in [0.3, 0.4) is 0 Å². The van der Waals surface area contributed by atoms with Crippen molar-refractivity contribution in [1.29, 1.82) is 0 Å². The van der Waals surface area contributed by atoms with Crippen LogP contribution in [0.5, 0.6) is 0 Å². The number of aliphatic hydroxyl groups excluding tert-OH is 1. The van der Waals surface area contributed by atoms with Crippen LogP contribution in [0.15, 0.2) is 36.4 Å². The Kier molecular flexibility index (Phi) is 2.09. The van der Waals surface area contributed by atoms with Gasteiger partial charge in [-0.3, -0.25) is 4.79 Å². The largest absolute Gasteiger partial charge is 0.370 e. The molecule has 0 aliphatic carbocycles. The predicted octanol–water partition coefficient (Wildman–Crippen LogP) is 0.860. The summed E-state index contributed by atoms with van der Waals surface area (Å²) < 4.78 is 0. The molecule has 1 atom stereocenters. The normalized spacial score (nSPS) is 21.3. The number of rotatable bonds is 1. The van der Waals surface area contributed by atoms with Gasteiger partial charge in [-0.05, 0) is 11.6 Å². The van der Waals surface area contributed by atoms with Crippen LogP contribution in [-0.2, 0) is 4.79 Å². The number of hydrogen-bond donors (Lipinski definition) is 1. The van der Waals surface area contributed by atoms with Crippen molar-refractivity contribution in [3.8, 4) is 0 Å². The first-order valence-corrected chi connectivity index (χ1v) is 4.42. The van der Waals surface area contributed by atoms with Gasteiger partial charge in [0.05, 0.1) is 0 Å². The van der Waals surface area contributed by atoms with Gasteiger partial charge in [-0.25, -0.2) is 0 Å². The van der Waals surface area contributed by atoms with Crippen LogP contribution in [0.25, 0.3) is 5.57 Å². The molecular weight excluding hydrogens is 178 g/mol. The first-order chi connectivity index (χ1) is 6.70. The van der Waals surface area contributed by atoms with E-state index in [1.54, 1.807) is 13.1 Å². The van der Waals surface area contributed by atoms with Gasteiger partial charge in [0.25, 0.3) is 5.91 Å². The molecule has 0 saturated heterocycles.